The SMILES string of the molecule is CCCCCCCCCCCCCCCCCCCCCCCCCCCCC.O=[P+](O)O. The number of hydrogen-bond donors (Lipinski definition) is 2. The zero-order valence-corrected chi connectivity index (χ0v) is 23.7. The second-order valence-corrected chi connectivity index (χ2v) is 10.6. The highest BCUT2D eigenvalue weighted by Crippen LogP contribution is 2.16. The van der Waals surface area contributed by atoms with Crippen molar-refractivity contribution < 1.29 is 14.4 Å². The molecule has 0 radical (unpaired) electrons. The molecular formula is C29H62O3P+. The maximum Gasteiger partial charge on any atom is 0.692 e. The second kappa shape index (κ2) is 34.2. The van der Waals surface area contributed by atoms with Crippen LogP contribution in [0.3, 0.4) is 0 Å². The van der Waals surface area contributed by atoms with E-state index in [4.69, 9.17) is 14.4 Å². The van der Waals surface area contributed by atoms with Crippen LogP contribution in [0.5, 0.6) is 0 Å². The molecule has 0 aliphatic rings. The molecule has 0 spiro atoms. The summed E-state index contributed by atoms with van der Waals surface area (Å²) in [4.78, 5) is 14.2. The normalized spacial score (nSPS) is 10.8. The fourth-order valence-corrected chi connectivity index (χ4v) is 4.57. The van der Waals surface area contributed by atoms with E-state index in [1.54, 1.807) is 0 Å². The molecule has 0 aliphatic carbocycles. The first kappa shape index (κ1) is 35.2. The molecule has 0 aromatic heterocycles. The smallest absolute Gasteiger partial charge is 0.134 e. The van der Waals surface area contributed by atoms with Gasteiger partial charge in [0.05, 0.1) is 0 Å². The van der Waals surface area contributed by atoms with Gasteiger partial charge >= 0.3 is 8.25 Å². The van der Waals surface area contributed by atoms with Crippen LogP contribution in [0.25, 0.3) is 0 Å². The van der Waals surface area contributed by atoms with Crippen molar-refractivity contribution in [1.29, 1.82) is 0 Å². The van der Waals surface area contributed by atoms with Gasteiger partial charge in [-0.15, -0.1) is 9.79 Å². The third-order valence-electron chi connectivity index (χ3n) is 6.71. The Balaban J connectivity index is 0. The predicted molar refractivity (Wildman–Crippen MR) is 148 cm³/mol. The molecular weight excluding hydrogens is 427 g/mol. The highest BCUT2D eigenvalue weighted by atomic mass is 31.1. The first-order chi connectivity index (χ1) is 16.1. The second-order valence-electron chi connectivity index (χ2n) is 10.1. The summed E-state index contributed by atoms with van der Waals surface area (Å²) < 4.78 is 8.70. The van der Waals surface area contributed by atoms with Crippen molar-refractivity contribution in [2.24, 2.45) is 0 Å². The van der Waals surface area contributed by atoms with Gasteiger partial charge in [-0.25, -0.2) is 0 Å². The molecule has 0 unspecified atom stereocenters. The third kappa shape index (κ3) is 42.6. The maximum absolute atomic E-state index is 8.70. The number of unbranched alkanes of at least 4 members (excludes halogenated alkanes) is 26. The summed E-state index contributed by atoms with van der Waals surface area (Å²) in [6, 6.07) is 0. The molecule has 2 N–H and O–H groups in total. The van der Waals surface area contributed by atoms with Crippen LogP contribution < -0.4 is 0 Å². The predicted octanol–water partition coefficient (Wildman–Crippen LogP) is 11.2. The van der Waals surface area contributed by atoms with Crippen molar-refractivity contribution in [3.8, 4) is 0 Å². The van der Waals surface area contributed by atoms with Crippen molar-refractivity contribution in [3.63, 3.8) is 0 Å². The van der Waals surface area contributed by atoms with E-state index in [9.17, 15) is 0 Å². The van der Waals surface area contributed by atoms with Crippen LogP contribution in [0.2, 0.25) is 0 Å². The molecule has 0 rings (SSSR count). The van der Waals surface area contributed by atoms with Gasteiger partial charge in [0.2, 0.25) is 0 Å². The molecule has 200 valence electrons. The van der Waals surface area contributed by atoms with Crippen molar-refractivity contribution in [1.82, 2.24) is 0 Å². The Bertz CT molecular complexity index is 320. The Labute approximate surface area is 209 Å². The van der Waals surface area contributed by atoms with Crippen LogP contribution in [0.4, 0.5) is 0 Å². The van der Waals surface area contributed by atoms with E-state index >= 15 is 0 Å². The summed E-state index contributed by atoms with van der Waals surface area (Å²) in [5.74, 6) is 0. The van der Waals surface area contributed by atoms with Gasteiger partial charge in [-0.05, 0) is 0 Å². The van der Waals surface area contributed by atoms with E-state index in [2.05, 4.69) is 13.8 Å². The van der Waals surface area contributed by atoms with Gasteiger partial charge in [0.1, 0.15) is 0 Å². The minimum absolute atomic E-state index is 1.37. The van der Waals surface area contributed by atoms with Gasteiger partial charge in [0, 0.05) is 4.57 Å². The summed E-state index contributed by atoms with van der Waals surface area (Å²) in [6.45, 7) is 4.61. The van der Waals surface area contributed by atoms with Gasteiger partial charge in [0.15, 0.2) is 0 Å². The summed E-state index contributed by atoms with van der Waals surface area (Å²) in [6.07, 6.45) is 39.9. The quantitative estimate of drug-likeness (QED) is 0.0938. The Hall–Kier alpha value is 0.0200. The van der Waals surface area contributed by atoms with Crippen molar-refractivity contribution in [2.75, 3.05) is 0 Å². The highest BCUT2D eigenvalue weighted by Gasteiger charge is 1.96. The van der Waals surface area contributed by atoms with Crippen molar-refractivity contribution in [2.45, 2.75) is 187 Å². The zero-order chi connectivity index (χ0) is 24.7. The lowest BCUT2D eigenvalue weighted by molar-refractivity contribution is 0.405. The van der Waals surface area contributed by atoms with Gasteiger partial charge < -0.3 is 0 Å². The molecule has 3 nitrogen and oxygen atoms in total. The number of rotatable bonds is 26. The Morgan fingerprint density at radius 1 is 0.333 bits per heavy atom. The first-order valence-corrected chi connectivity index (χ1v) is 16.2. The molecule has 0 fully saturated rings. The van der Waals surface area contributed by atoms with Gasteiger partial charge in [0.25, 0.3) is 0 Å². The largest absolute Gasteiger partial charge is 0.692 e. The summed E-state index contributed by atoms with van der Waals surface area (Å²) in [5.41, 5.74) is 0. The van der Waals surface area contributed by atoms with Crippen LogP contribution in [0.1, 0.15) is 187 Å². The Kier molecular flexibility index (Phi) is 36.5. The fraction of sp³-hybridized carbons (Fsp3) is 1.00. The molecule has 0 atom stereocenters. The molecule has 0 aromatic carbocycles. The van der Waals surface area contributed by atoms with Crippen LogP contribution in [-0.2, 0) is 4.57 Å². The topological polar surface area (TPSA) is 57.5 Å². The van der Waals surface area contributed by atoms with Gasteiger partial charge in [-0.2, -0.15) is 0 Å². The Morgan fingerprint density at radius 3 is 0.515 bits per heavy atom. The average Bonchev–Trinajstić information content (AvgIpc) is 2.79. The van der Waals surface area contributed by atoms with Gasteiger partial charge in [-0.1, -0.05) is 187 Å². The van der Waals surface area contributed by atoms with E-state index < -0.39 is 8.25 Å². The summed E-state index contributed by atoms with van der Waals surface area (Å²) >= 11 is 0. The molecule has 0 amide bonds. The van der Waals surface area contributed by atoms with Crippen LogP contribution >= 0.6 is 8.25 Å². The van der Waals surface area contributed by atoms with Crippen LogP contribution in [-0.4, -0.2) is 9.79 Å². The third-order valence-corrected chi connectivity index (χ3v) is 6.71. The van der Waals surface area contributed by atoms with E-state index in [1.807, 2.05) is 0 Å². The van der Waals surface area contributed by atoms with Crippen LogP contribution in [0, 0.1) is 0 Å². The molecule has 33 heavy (non-hydrogen) atoms. The average molecular weight is 490 g/mol. The zero-order valence-electron chi connectivity index (χ0n) is 22.8. The van der Waals surface area contributed by atoms with Gasteiger partial charge in [-0.3, -0.25) is 0 Å². The molecule has 4 heteroatoms. The van der Waals surface area contributed by atoms with Crippen molar-refractivity contribution in [3.05, 3.63) is 0 Å². The minimum atomic E-state index is -2.87. The minimum Gasteiger partial charge on any atom is -0.134 e. The van der Waals surface area contributed by atoms with E-state index in [0.717, 1.165) is 0 Å². The molecule has 0 saturated carbocycles. The summed E-state index contributed by atoms with van der Waals surface area (Å²) in [7, 11) is -2.87. The maximum atomic E-state index is 8.70. The molecule has 0 heterocycles. The fourth-order valence-electron chi connectivity index (χ4n) is 4.57. The Morgan fingerprint density at radius 2 is 0.424 bits per heavy atom. The molecule has 0 saturated heterocycles. The van der Waals surface area contributed by atoms with Crippen molar-refractivity contribution >= 4 is 8.25 Å². The van der Waals surface area contributed by atoms with E-state index in [-0.39, 0.29) is 0 Å². The lowest BCUT2D eigenvalue weighted by Crippen LogP contribution is -1.84. The lowest BCUT2D eigenvalue weighted by Gasteiger charge is -2.04. The first-order valence-electron chi connectivity index (χ1n) is 15.0. The standard InChI is InChI=1S/C29H60.HO3P/c1-3-5-7-9-11-13-15-17-19-21-23-25-27-29-28-26-24-22-20-18-16-14-12-10-8-6-4-2;1-4(2)3/h3-29H2,1-2H3;(H-,1,2,3)/p+1. The monoisotopic (exact) mass is 489 g/mol. The summed E-state index contributed by atoms with van der Waals surface area (Å²) in [5, 5.41) is 0. The molecule has 0 aliphatic heterocycles. The molecule has 0 aromatic rings. The number of hydrogen-bond acceptors (Lipinski definition) is 1. The van der Waals surface area contributed by atoms with E-state index in [1.165, 1.54) is 173 Å². The lowest BCUT2D eigenvalue weighted by atomic mass is 10.0. The van der Waals surface area contributed by atoms with Crippen LogP contribution in [0.15, 0.2) is 0 Å². The van der Waals surface area contributed by atoms with E-state index in [0.29, 0.717) is 0 Å². The highest BCUT2D eigenvalue weighted by molar-refractivity contribution is 7.30. The molecule has 0 bridgehead atoms.